The standard InChI is InChI=1S/C18H18N6O2/c25-17(26)16-20-12-21-24(16)14-7-10-23(11-8-14)18-19-9-6-15(22-18)13-4-2-1-3-5-13/h1-6,9,12,14H,7-8,10-11H2,(H,25,26). The average molecular weight is 350 g/mol. The van der Waals surface area contributed by atoms with Crippen molar-refractivity contribution >= 4 is 11.9 Å². The SMILES string of the molecule is O=C(O)c1ncnn1C1CCN(c2nccc(-c3ccccc3)n2)CC1. The van der Waals surface area contributed by atoms with Crippen LogP contribution < -0.4 is 4.90 Å². The second-order valence-electron chi connectivity index (χ2n) is 6.16. The lowest BCUT2D eigenvalue weighted by molar-refractivity contribution is 0.0671. The van der Waals surface area contributed by atoms with E-state index in [1.807, 2.05) is 36.4 Å². The Balaban J connectivity index is 1.48. The number of anilines is 1. The van der Waals surface area contributed by atoms with Crippen LogP contribution in [0.3, 0.4) is 0 Å². The highest BCUT2D eigenvalue weighted by Crippen LogP contribution is 2.26. The minimum absolute atomic E-state index is 0.00854. The summed E-state index contributed by atoms with van der Waals surface area (Å²) >= 11 is 0. The number of aromatic carboxylic acids is 1. The first-order chi connectivity index (χ1) is 12.7. The third-order valence-electron chi connectivity index (χ3n) is 4.57. The molecule has 1 aliphatic heterocycles. The lowest BCUT2D eigenvalue weighted by Gasteiger charge is -2.32. The molecule has 0 amide bonds. The smallest absolute Gasteiger partial charge is 0.373 e. The van der Waals surface area contributed by atoms with Crippen molar-refractivity contribution in [3.63, 3.8) is 0 Å². The number of nitrogens with zero attached hydrogens (tertiary/aromatic N) is 6. The molecule has 0 radical (unpaired) electrons. The van der Waals surface area contributed by atoms with Gasteiger partial charge in [-0.15, -0.1) is 0 Å². The third-order valence-corrected chi connectivity index (χ3v) is 4.57. The fourth-order valence-corrected chi connectivity index (χ4v) is 3.25. The number of carboxylic acid groups (broad SMARTS) is 1. The van der Waals surface area contributed by atoms with Gasteiger partial charge in [-0.25, -0.2) is 24.4 Å². The third kappa shape index (κ3) is 3.13. The molecule has 4 rings (SSSR count). The Labute approximate surface area is 150 Å². The van der Waals surface area contributed by atoms with Crippen molar-refractivity contribution in [2.45, 2.75) is 18.9 Å². The molecule has 8 heteroatoms. The van der Waals surface area contributed by atoms with E-state index in [2.05, 4.69) is 25.0 Å². The van der Waals surface area contributed by atoms with Crippen LogP contribution in [0.25, 0.3) is 11.3 Å². The number of hydrogen-bond donors (Lipinski definition) is 1. The molecule has 0 saturated carbocycles. The van der Waals surface area contributed by atoms with Crippen LogP contribution in [-0.4, -0.2) is 48.9 Å². The maximum absolute atomic E-state index is 11.2. The highest BCUT2D eigenvalue weighted by atomic mass is 16.4. The molecule has 132 valence electrons. The topological polar surface area (TPSA) is 97.0 Å². The lowest BCUT2D eigenvalue weighted by Crippen LogP contribution is -2.36. The van der Waals surface area contributed by atoms with Gasteiger partial charge < -0.3 is 10.0 Å². The highest BCUT2D eigenvalue weighted by Gasteiger charge is 2.26. The summed E-state index contributed by atoms with van der Waals surface area (Å²) in [6.07, 6.45) is 4.60. The van der Waals surface area contributed by atoms with Crippen molar-refractivity contribution in [2.24, 2.45) is 0 Å². The zero-order valence-corrected chi connectivity index (χ0v) is 14.1. The van der Waals surface area contributed by atoms with Gasteiger partial charge in [0.25, 0.3) is 0 Å². The van der Waals surface area contributed by atoms with Gasteiger partial charge in [0.2, 0.25) is 11.8 Å². The van der Waals surface area contributed by atoms with Crippen molar-refractivity contribution in [2.75, 3.05) is 18.0 Å². The zero-order valence-electron chi connectivity index (χ0n) is 14.1. The highest BCUT2D eigenvalue weighted by molar-refractivity contribution is 5.83. The molecule has 26 heavy (non-hydrogen) atoms. The van der Waals surface area contributed by atoms with E-state index in [4.69, 9.17) is 0 Å². The van der Waals surface area contributed by atoms with E-state index in [0.717, 1.165) is 37.2 Å². The van der Waals surface area contributed by atoms with Crippen LogP contribution in [0.5, 0.6) is 0 Å². The Kier molecular flexibility index (Phi) is 4.30. The summed E-state index contributed by atoms with van der Waals surface area (Å²) in [6, 6.07) is 11.9. The molecule has 1 aromatic carbocycles. The molecule has 1 N–H and O–H groups in total. The van der Waals surface area contributed by atoms with Crippen LogP contribution in [0.4, 0.5) is 5.95 Å². The van der Waals surface area contributed by atoms with Gasteiger partial charge in [0.05, 0.1) is 11.7 Å². The first-order valence-corrected chi connectivity index (χ1v) is 8.48. The summed E-state index contributed by atoms with van der Waals surface area (Å²) < 4.78 is 1.51. The van der Waals surface area contributed by atoms with Gasteiger partial charge in [-0.2, -0.15) is 5.10 Å². The molecule has 1 fully saturated rings. The summed E-state index contributed by atoms with van der Waals surface area (Å²) in [5.74, 6) is -0.364. The molecule has 0 unspecified atom stereocenters. The second-order valence-corrected chi connectivity index (χ2v) is 6.16. The van der Waals surface area contributed by atoms with Gasteiger partial charge in [0.15, 0.2) is 0 Å². The van der Waals surface area contributed by atoms with Gasteiger partial charge in [0.1, 0.15) is 6.33 Å². The summed E-state index contributed by atoms with van der Waals surface area (Å²) in [5, 5.41) is 13.3. The minimum atomic E-state index is -1.05. The maximum atomic E-state index is 11.2. The normalized spacial score (nSPS) is 15.2. The summed E-state index contributed by atoms with van der Waals surface area (Å²) in [4.78, 5) is 26.3. The number of carbonyl (C=O) groups is 1. The molecule has 1 aliphatic rings. The molecule has 3 aromatic rings. The molecular formula is C18H18N6O2. The van der Waals surface area contributed by atoms with Gasteiger partial charge in [0, 0.05) is 24.8 Å². The lowest BCUT2D eigenvalue weighted by atomic mass is 10.1. The molecule has 0 aliphatic carbocycles. The maximum Gasteiger partial charge on any atom is 0.373 e. The van der Waals surface area contributed by atoms with Crippen LogP contribution >= 0.6 is 0 Å². The molecule has 3 heterocycles. The number of rotatable bonds is 4. The summed E-state index contributed by atoms with van der Waals surface area (Å²) in [7, 11) is 0. The number of hydrogen-bond acceptors (Lipinski definition) is 6. The van der Waals surface area contributed by atoms with Crippen LogP contribution in [0.1, 0.15) is 29.5 Å². The van der Waals surface area contributed by atoms with E-state index in [1.165, 1.54) is 11.0 Å². The zero-order chi connectivity index (χ0) is 17.9. The molecular weight excluding hydrogens is 332 g/mol. The monoisotopic (exact) mass is 350 g/mol. The van der Waals surface area contributed by atoms with E-state index in [0.29, 0.717) is 5.95 Å². The Bertz CT molecular complexity index is 903. The Morgan fingerprint density at radius 3 is 2.58 bits per heavy atom. The van der Waals surface area contributed by atoms with E-state index in [1.54, 1.807) is 6.20 Å². The molecule has 0 atom stereocenters. The van der Waals surface area contributed by atoms with Gasteiger partial charge in [-0.1, -0.05) is 30.3 Å². The Morgan fingerprint density at radius 1 is 1.08 bits per heavy atom. The number of carboxylic acids is 1. The first-order valence-electron chi connectivity index (χ1n) is 8.48. The molecule has 0 spiro atoms. The van der Waals surface area contributed by atoms with Gasteiger partial charge in [-0.3, -0.25) is 0 Å². The van der Waals surface area contributed by atoms with Gasteiger partial charge in [-0.05, 0) is 18.9 Å². The largest absolute Gasteiger partial charge is 0.475 e. The predicted molar refractivity (Wildman–Crippen MR) is 94.9 cm³/mol. The predicted octanol–water partition coefficient (Wildman–Crippen LogP) is 2.27. The Hall–Kier alpha value is -3.29. The number of aromatic nitrogens is 5. The summed E-state index contributed by atoms with van der Waals surface area (Å²) in [6.45, 7) is 1.48. The molecule has 0 bridgehead atoms. The van der Waals surface area contributed by atoms with Crippen molar-refractivity contribution in [3.8, 4) is 11.3 Å². The first kappa shape index (κ1) is 16.2. The van der Waals surface area contributed by atoms with Crippen LogP contribution in [0.2, 0.25) is 0 Å². The van der Waals surface area contributed by atoms with E-state index < -0.39 is 5.97 Å². The summed E-state index contributed by atoms with van der Waals surface area (Å²) in [5.41, 5.74) is 1.95. The van der Waals surface area contributed by atoms with Gasteiger partial charge >= 0.3 is 5.97 Å². The molecule has 2 aromatic heterocycles. The second kappa shape index (κ2) is 6.91. The molecule has 1 saturated heterocycles. The Morgan fingerprint density at radius 2 is 1.85 bits per heavy atom. The molecule has 8 nitrogen and oxygen atoms in total. The van der Waals surface area contributed by atoms with Crippen molar-refractivity contribution < 1.29 is 9.90 Å². The van der Waals surface area contributed by atoms with Crippen LogP contribution in [0, 0.1) is 0 Å². The number of piperidine rings is 1. The quantitative estimate of drug-likeness (QED) is 0.771. The number of benzene rings is 1. The van der Waals surface area contributed by atoms with Crippen LogP contribution in [0.15, 0.2) is 48.9 Å². The fourth-order valence-electron chi connectivity index (χ4n) is 3.25. The van der Waals surface area contributed by atoms with Crippen LogP contribution in [-0.2, 0) is 0 Å². The van der Waals surface area contributed by atoms with Crippen molar-refractivity contribution in [1.29, 1.82) is 0 Å². The average Bonchev–Trinajstić information content (AvgIpc) is 3.19. The minimum Gasteiger partial charge on any atom is -0.475 e. The van der Waals surface area contributed by atoms with E-state index in [-0.39, 0.29) is 11.9 Å². The fraction of sp³-hybridized carbons (Fsp3) is 0.278. The van der Waals surface area contributed by atoms with Crippen molar-refractivity contribution in [1.82, 2.24) is 24.7 Å². The van der Waals surface area contributed by atoms with E-state index in [9.17, 15) is 9.90 Å². The van der Waals surface area contributed by atoms with E-state index >= 15 is 0 Å². The van der Waals surface area contributed by atoms with Crippen molar-refractivity contribution in [3.05, 3.63) is 54.7 Å².